The molecule has 5 nitrogen and oxygen atoms in total. The molecule has 1 saturated carbocycles. The summed E-state index contributed by atoms with van der Waals surface area (Å²) in [4.78, 5) is 11.6. The lowest BCUT2D eigenvalue weighted by molar-refractivity contribution is 0.338. The van der Waals surface area contributed by atoms with Gasteiger partial charge in [0.05, 0.1) is 11.0 Å². The molecule has 0 bridgehead atoms. The Morgan fingerprint density at radius 3 is 2.73 bits per heavy atom. The van der Waals surface area contributed by atoms with E-state index in [1.165, 1.54) is 37.6 Å². The molecule has 2 heterocycles. The highest BCUT2D eigenvalue weighted by Gasteiger charge is 2.28. The maximum Gasteiger partial charge on any atom is 0.191 e. The van der Waals surface area contributed by atoms with Crippen LogP contribution in [0.25, 0.3) is 11.0 Å². The van der Waals surface area contributed by atoms with E-state index in [1.807, 2.05) is 6.07 Å². The fourth-order valence-corrected chi connectivity index (χ4v) is 3.32. The van der Waals surface area contributed by atoms with E-state index in [4.69, 9.17) is 10.7 Å². The number of hydrogen-bond donors (Lipinski definition) is 1. The van der Waals surface area contributed by atoms with E-state index in [9.17, 15) is 0 Å². The maximum absolute atomic E-state index is 6.17. The molecule has 5 heteroatoms. The Morgan fingerprint density at radius 2 is 1.95 bits per heavy atom. The number of aromatic nitrogens is 2. The third kappa shape index (κ3) is 2.56. The molecule has 4 rings (SSSR count). The van der Waals surface area contributed by atoms with Crippen LogP contribution in [0.1, 0.15) is 44.0 Å². The predicted molar refractivity (Wildman–Crippen MR) is 88.8 cm³/mol. The average Bonchev–Trinajstić information content (AvgIpc) is 3.33. The van der Waals surface area contributed by atoms with Gasteiger partial charge in [-0.2, -0.15) is 0 Å². The van der Waals surface area contributed by atoms with Crippen LogP contribution >= 0.6 is 0 Å². The number of aliphatic imine (C=N–C) groups is 1. The van der Waals surface area contributed by atoms with Gasteiger partial charge in [0.2, 0.25) is 0 Å². The first-order chi connectivity index (χ1) is 10.8. The van der Waals surface area contributed by atoms with Crippen LogP contribution in [-0.2, 0) is 6.54 Å². The van der Waals surface area contributed by atoms with Crippen LogP contribution in [0.5, 0.6) is 0 Å². The summed E-state index contributed by atoms with van der Waals surface area (Å²) in [7, 11) is 0. The highest BCUT2D eigenvalue weighted by Crippen LogP contribution is 2.38. The van der Waals surface area contributed by atoms with E-state index in [-0.39, 0.29) is 0 Å². The van der Waals surface area contributed by atoms with E-state index in [0.29, 0.717) is 18.5 Å². The van der Waals surface area contributed by atoms with Crippen molar-refractivity contribution in [1.82, 2.24) is 14.5 Å². The molecule has 0 amide bonds. The minimum Gasteiger partial charge on any atom is -0.370 e. The van der Waals surface area contributed by atoms with Crippen LogP contribution in [0.3, 0.4) is 0 Å². The predicted octanol–water partition coefficient (Wildman–Crippen LogP) is 2.67. The number of nitrogens with two attached hydrogens (primary N) is 1. The summed E-state index contributed by atoms with van der Waals surface area (Å²) in [6.45, 7) is 2.65. The normalized spacial score (nSPS) is 19.8. The van der Waals surface area contributed by atoms with E-state index in [1.54, 1.807) is 0 Å². The van der Waals surface area contributed by atoms with Gasteiger partial charge in [-0.1, -0.05) is 12.1 Å². The summed E-state index contributed by atoms with van der Waals surface area (Å²) in [5.74, 6) is 1.72. The fraction of sp³-hybridized carbons (Fsp3) is 0.529. The Hall–Kier alpha value is -2.04. The highest BCUT2D eigenvalue weighted by molar-refractivity contribution is 5.78. The van der Waals surface area contributed by atoms with Gasteiger partial charge in [-0.25, -0.2) is 9.98 Å². The Balaban J connectivity index is 1.59. The summed E-state index contributed by atoms with van der Waals surface area (Å²) in [5, 5.41) is 0. The Morgan fingerprint density at radius 1 is 1.18 bits per heavy atom. The van der Waals surface area contributed by atoms with Crippen LogP contribution in [0.4, 0.5) is 0 Å². The summed E-state index contributed by atoms with van der Waals surface area (Å²) < 4.78 is 2.36. The number of rotatable bonds is 3. The van der Waals surface area contributed by atoms with E-state index in [0.717, 1.165) is 24.4 Å². The van der Waals surface area contributed by atoms with Crippen LogP contribution in [0.15, 0.2) is 29.3 Å². The van der Waals surface area contributed by atoms with Crippen molar-refractivity contribution >= 4 is 17.0 Å². The van der Waals surface area contributed by atoms with Gasteiger partial charge in [0.25, 0.3) is 0 Å². The molecule has 2 N–H and O–H groups in total. The molecule has 0 atom stereocenters. The number of imidazole rings is 1. The number of fused-ring (bicyclic) bond motifs is 1. The minimum absolute atomic E-state index is 0.577. The number of likely N-dealkylation sites (tertiary alicyclic amines) is 1. The first kappa shape index (κ1) is 13.6. The topological polar surface area (TPSA) is 59.4 Å². The van der Waals surface area contributed by atoms with Gasteiger partial charge in [0, 0.05) is 19.1 Å². The van der Waals surface area contributed by atoms with Gasteiger partial charge in [0.1, 0.15) is 12.4 Å². The van der Waals surface area contributed by atoms with Crippen molar-refractivity contribution in [3.63, 3.8) is 0 Å². The third-order valence-electron chi connectivity index (χ3n) is 4.64. The van der Waals surface area contributed by atoms with Gasteiger partial charge in [0.15, 0.2) is 5.96 Å². The lowest BCUT2D eigenvalue weighted by Crippen LogP contribution is -2.40. The molecule has 116 valence electrons. The molecule has 1 aliphatic carbocycles. The zero-order valence-electron chi connectivity index (χ0n) is 12.9. The van der Waals surface area contributed by atoms with Crippen molar-refractivity contribution in [1.29, 1.82) is 0 Å². The number of benzene rings is 1. The lowest BCUT2D eigenvalue weighted by Gasteiger charge is -2.27. The summed E-state index contributed by atoms with van der Waals surface area (Å²) in [6, 6.07) is 8.96. The van der Waals surface area contributed by atoms with Crippen LogP contribution in [0, 0.1) is 0 Å². The van der Waals surface area contributed by atoms with Crippen molar-refractivity contribution in [2.75, 3.05) is 13.1 Å². The third-order valence-corrected chi connectivity index (χ3v) is 4.64. The Bertz CT molecular complexity index is 692. The van der Waals surface area contributed by atoms with Gasteiger partial charge in [-0.3, -0.25) is 0 Å². The van der Waals surface area contributed by atoms with Crippen LogP contribution in [-0.4, -0.2) is 33.5 Å². The largest absolute Gasteiger partial charge is 0.370 e. The molecule has 2 fully saturated rings. The standard InChI is InChI=1S/C17H23N5/c18-17(21-10-4-1-5-11-21)19-12-16-20-14-6-2-3-7-15(14)22(16)13-8-9-13/h2-3,6-7,13H,1,4-5,8-12H2,(H2,18,19). The zero-order chi connectivity index (χ0) is 14.9. The van der Waals surface area contributed by atoms with Crippen molar-refractivity contribution in [3.05, 3.63) is 30.1 Å². The number of hydrogen-bond acceptors (Lipinski definition) is 2. The second-order valence-electron chi connectivity index (χ2n) is 6.34. The molecule has 2 aliphatic rings. The van der Waals surface area contributed by atoms with Crippen molar-refractivity contribution < 1.29 is 0 Å². The SMILES string of the molecule is NC(=NCc1nc2ccccc2n1C1CC1)N1CCCCC1. The monoisotopic (exact) mass is 297 g/mol. The van der Waals surface area contributed by atoms with Gasteiger partial charge in [-0.05, 0) is 44.2 Å². The first-order valence-corrected chi connectivity index (χ1v) is 8.33. The summed E-state index contributed by atoms with van der Waals surface area (Å²) in [6.07, 6.45) is 6.24. The van der Waals surface area contributed by atoms with E-state index >= 15 is 0 Å². The van der Waals surface area contributed by atoms with Gasteiger partial charge < -0.3 is 15.2 Å². The number of para-hydroxylation sites is 2. The second kappa shape index (κ2) is 5.63. The summed E-state index contributed by atoms with van der Waals surface area (Å²) >= 11 is 0. The van der Waals surface area contributed by atoms with Gasteiger partial charge in [-0.15, -0.1) is 0 Å². The second-order valence-corrected chi connectivity index (χ2v) is 6.34. The molecule has 1 saturated heterocycles. The minimum atomic E-state index is 0.577. The van der Waals surface area contributed by atoms with E-state index < -0.39 is 0 Å². The molecule has 1 aliphatic heterocycles. The highest BCUT2D eigenvalue weighted by atomic mass is 15.3. The van der Waals surface area contributed by atoms with Gasteiger partial charge >= 0.3 is 0 Å². The van der Waals surface area contributed by atoms with Crippen LogP contribution < -0.4 is 5.73 Å². The molecule has 1 aromatic carbocycles. The molecular formula is C17H23N5. The molecule has 0 radical (unpaired) electrons. The number of guanidine groups is 1. The van der Waals surface area contributed by atoms with Crippen molar-refractivity contribution in [2.45, 2.75) is 44.7 Å². The first-order valence-electron chi connectivity index (χ1n) is 8.33. The van der Waals surface area contributed by atoms with E-state index in [2.05, 4.69) is 32.7 Å². The lowest BCUT2D eigenvalue weighted by atomic mass is 10.1. The molecule has 2 aromatic rings. The Kier molecular flexibility index (Phi) is 3.48. The smallest absolute Gasteiger partial charge is 0.191 e. The molecule has 1 aromatic heterocycles. The molecule has 22 heavy (non-hydrogen) atoms. The zero-order valence-corrected chi connectivity index (χ0v) is 12.9. The average molecular weight is 297 g/mol. The quantitative estimate of drug-likeness (QED) is 0.700. The van der Waals surface area contributed by atoms with Crippen molar-refractivity contribution in [2.24, 2.45) is 10.7 Å². The maximum atomic E-state index is 6.17. The molecular weight excluding hydrogens is 274 g/mol. The number of piperidine rings is 1. The Labute approximate surface area is 130 Å². The summed E-state index contributed by atoms with van der Waals surface area (Å²) in [5.41, 5.74) is 8.47. The molecule has 0 spiro atoms. The number of nitrogens with zero attached hydrogens (tertiary/aromatic N) is 4. The van der Waals surface area contributed by atoms with Crippen LogP contribution in [0.2, 0.25) is 0 Å². The molecule has 0 unspecified atom stereocenters. The fourth-order valence-electron chi connectivity index (χ4n) is 3.32. The van der Waals surface area contributed by atoms with Crippen molar-refractivity contribution in [3.8, 4) is 0 Å².